The maximum absolute atomic E-state index is 14.2. The molecule has 2 atom stereocenters. The fraction of sp³-hybridized carbons (Fsp3) is 0.278. The van der Waals surface area contributed by atoms with Gasteiger partial charge in [-0.1, -0.05) is 48.5 Å². The topological polar surface area (TPSA) is 40.5 Å². The van der Waals surface area contributed by atoms with Crippen LogP contribution < -0.4 is 0 Å². The smallest absolute Gasteiger partial charge is 0.308 e. The molecular weight excluding hydrogens is 281 g/mol. The van der Waals surface area contributed by atoms with E-state index in [2.05, 4.69) is 4.90 Å². The zero-order valence-electron chi connectivity index (χ0n) is 12.2. The quantitative estimate of drug-likeness (QED) is 0.939. The molecule has 2 unspecified atom stereocenters. The highest BCUT2D eigenvalue weighted by molar-refractivity contribution is 5.71. The highest BCUT2D eigenvalue weighted by Gasteiger charge is 2.40. The number of carboxylic acids is 1. The van der Waals surface area contributed by atoms with Crippen LogP contribution in [0.2, 0.25) is 0 Å². The third-order valence-corrected chi connectivity index (χ3v) is 4.27. The Hall–Kier alpha value is -2.20. The summed E-state index contributed by atoms with van der Waals surface area (Å²) in [6, 6.07) is 15.9. The predicted molar refractivity (Wildman–Crippen MR) is 81.7 cm³/mol. The van der Waals surface area contributed by atoms with E-state index in [4.69, 9.17) is 0 Å². The molecule has 2 aromatic rings. The second-order valence-electron chi connectivity index (χ2n) is 5.66. The van der Waals surface area contributed by atoms with Crippen molar-refractivity contribution in [1.82, 2.24) is 4.90 Å². The lowest BCUT2D eigenvalue weighted by atomic mass is 9.93. The Bertz CT molecular complexity index is 659. The van der Waals surface area contributed by atoms with Gasteiger partial charge in [0.25, 0.3) is 0 Å². The first-order chi connectivity index (χ1) is 10.7. The van der Waals surface area contributed by atoms with Crippen LogP contribution in [-0.4, -0.2) is 22.5 Å². The number of rotatable bonds is 4. The van der Waals surface area contributed by atoms with Crippen molar-refractivity contribution in [1.29, 1.82) is 0 Å². The van der Waals surface area contributed by atoms with Gasteiger partial charge >= 0.3 is 5.97 Å². The summed E-state index contributed by atoms with van der Waals surface area (Å²) in [4.78, 5) is 13.6. The predicted octanol–water partition coefficient (Wildman–Crippen LogP) is 3.47. The molecule has 4 heteroatoms. The van der Waals surface area contributed by atoms with Gasteiger partial charge < -0.3 is 5.11 Å². The zero-order chi connectivity index (χ0) is 15.5. The minimum absolute atomic E-state index is 0.335. The molecule has 3 rings (SSSR count). The number of benzene rings is 2. The molecule has 0 aliphatic carbocycles. The molecule has 0 bridgehead atoms. The van der Waals surface area contributed by atoms with Gasteiger partial charge in [-0.05, 0) is 18.1 Å². The average Bonchev–Trinajstić information content (AvgIpc) is 2.92. The Morgan fingerprint density at radius 3 is 2.50 bits per heavy atom. The maximum Gasteiger partial charge on any atom is 0.308 e. The number of likely N-dealkylation sites (tertiary alicyclic amines) is 1. The number of nitrogens with zero attached hydrogens (tertiary/aromatic N) is 1. The largest absolute Gasteiger partial charge is 0.481 e. The molecule has 114 valence electrons. The van der Waals surface area contributed by atoms with Gasteiger partial charge in [-0.3, -0.25) is 9.69 Å². The highest BCUT2D eigenvalue weighted by atomic mass is 19.1. The van der Waals surface area contributed by atoms with E-state index >= 15 is 0 Å². The summed E-state index contributed by atoms with van der Waals surface area (Å²) >= 11 is 0. The number of aliphatic carboxylic acids is 1. The standard InChI is InChI=1S/C18H18FNO2/c19-16-9-5-4-8-14(16)17-15(18(21)22)10-11-20(17)12-13-6-2-1-3-7-13/h1-9,15,17H,10-12H2,(H,21,22). The average molecular weight is 299 g/mol. The third-order valence-electron chi connectivity index (χ3n) is 4.27. The molecule has 1 aliphatic heterocycles. The minimum Gasteiger partial charge on any atom is -0.481 e. The van der Waals surface area contributed by atoms with Crippen LogP contribution in [0.4, 0.5) is 4.39 Å². The van der Waals surface area contributed by atoms with Crippen molar-refractivity contribution in [2.75, 3.05) is 6.54 Å². The summed E-state index contributed by atoms with van der Waals surface area (Å²) in [6.45, 7) is 1.29. The van der Waals surface area contributed by atoms with Gasteiger partial charge in [0, 0.05) is 18.7 Å². The molecule has 1 N–H and O–H groups in total. The monoisotopic (exact) mass is 299 g/mol. The fourth-order valence-corrected chi connectivity index (χ4v) is 3.24. The van der Waals surface area contributed by atoms with Crippen molar-refractivity contribution in [3.8, 4) is 0 Å². The van der Waals surface area contributed by atoms with E-state index < -0.39 is 17.9 Å². The summed E-state index contributed by atoms with van der Waals surface area (Å²) in [5.74, 6) is -1.76. The SMILES string of the molecule is O=C(O)C1CCN(Cc2ccccc2)C1c1ccccc1F. The fourth-order valence-electron chi connectivity index (χ4n) is 3.24. The van der Waals surface area contributed by atoms with Crippen molar-refractivity contribution in [2.45, 2.75) is 19.0 Å². The Balaban J connectivity index is 1.92. The van der Waals surface area contributed by atoms with E-state index in [9.17, 15) is 14.3 Å². The van der Waals surface area contributed by atoms with E-state index in [-0.39, 0.29) is 5.82 Å². The second-order valence-corrected chi connectivity index (χ2v) is 5.66. The Labute approximate surface area is 129 Å². The highest BCUT2D eigenvalue weighted by Crippen LogP contribution is 2.39. The van der Waals surface area contributed by atoms with Crippen LogP contribution in [0.15, 0.2) is 54.6 Å². The van der Waals surface area contributed by atoms with Gasteiger partial charge in [-0.15, -0.1) is 0 Å². The Morgan fingerprint density at radius 1 is 1.14 bits per heavy atom. The van der Waals surface area contributed by atoms with Crippen molar-refractivity contribution < 1.29 is 14.3 Å². The van der Waals surface area contributed by atoms with Crippen LogP contribution in [0.3, 0.4) is 0 Å². The molecule has 0 aromatic heterocycles. The maximum atomic E-state index is 14.2. The molecule has 0 saturated carbocycles. The summed E-state index contributed by atoms with van der Waals surface area (Å²) in [5, 5.41) is 9.47. The van der Waals surface area contributed by atoms with Crippen LogP contribution >= 0.6 is 0 Å². The lowest BCUT2D eigenvalue weighted by molar-refractivity contribution is -0.142. The molecule has 2 aromatic carbocycles. The van der Waals surface area contributed by atoms with Crippen molar-refractivity contribution in [3.63, 3.8) is 0 Å². The van der Waals surface area contributed by atoms with Crippen LogP contribution in [0, 0.1) is 11.7 Å². The summed E-state index contributed by atoms with van der Waals surface area (Å²) in [5.41, 5.74) is 1.58. The molecular formula is C18H18FNO2. The van der Waals surface area contributed by atoms with Crippen LogP contribution in [0.5, 0.6) is 0 Å². The van der Waals surface area contributed by atoms with E-state index in [1.54, 1.807) is 18.2 Å². The van der Waals surface area contributed by atoms with E-state index in [0.717, 1.165) is 5.56 Å². The first-order valence-electron chi connectivity index (χ1n) is 7.42. The Kier molecular flexibility index (Phi) is 4.20. The lowest BCUT2D eigenvalue weighted by Gasteiger charge is -2.27. The molecule has 0 amide bonds. The van der Waals surface area contributed by atoms with E-state index in [1.165, 1.54) is 6.07 Å². The molecule has 1 aliphatic rings. The van der Waals surface area contributed by atoms with E-state index in [1.807, 2.05) is 30.3 Å². The molecule has 0 radical (unpaired) electrons. The normalized spacial score (nSPS) is 21.9. The molecule has 3 nitrogen and oxygen atoms in total. The van der Waals surface area contributed by atoms with Gasteiger partial charge in [0.1, 0.15) is 5.82 Å². The Morgan fingerprint density at radius 2 is 1.82 bits per heavy atom. The van der Waals surface area contributed by atoms with Gasteiger partial charge in [-0.25, -0.2) is 4.39 Å². The van der Waals surface area contributed by atoms with Crippen molar-refractivity contribution in [2.24, 2.45) is 5.92 Å². The summed E-state index contributed by atoms with van der Waals surface area (Å²) in [7, 11) is 0. The number of halogens is 1. The van der Waals surface area contributed by atoms with Gasteiger partial charge in [0.15, 0.2) is 0 Å². The first kappa shape index (κ1) is 14.7. The van der Waals surface area contributed by atoms with Crippen molar-refractivity contribution in [3.05, 3.63) is 71.5 Å². The number of hydrogen-bond acceptors (Lipinski definition) is 2. The molecule has 1 saturated heterocycles. The number of carbonyl (C=O) groups is 1. The molecule has 1 heterocycles. The zero-order valence-corrected chi connectivity index (χ0v) is 12.2. The second kappa shape index (κ2) is 6.28. The van der Waals surface area contributed by atoms with Gasteiger partial charge in [-0.2, -0.15) is 0 Å². The first-order valence-corrected chi connectivity index (χ1v) is 7.42. The lowest BCUT2D eigenvalue weighted by Crippen LogP contribution is -2.28. The van der Waals surface area contributed by atoms with Crippen LogP contribution in [-0.2, 0) is 11.3 Å². The summed E-state index contributed by atoms with van der Waals surface area (Å²) < 4.78 is 14.2. The third kappa shape index (κ3) is 2.88. The van der Waals surface area contributed by atoms with Gasteiger partial charge in [0.05, 0.1) is 12.0 Å². The van der Waals surface area contributed by atoms with Gasteiger partial charge in [0.2, 0.25) is 0 Å². The summed E-state index contributed by atoms with van der Waals surface area (Å²) in [6.07, 6.45) is 0.543. The minimum atomic E-state index is -0.858. The molecule has 0 spiro atoms. The van der Waals surface area contributed by atoms with E-state index in [0.29, 0.717) is 25.1 Å². The molecule has 1 fully saturated rings. The van der Waals surface area contributed by atoms with Crippen molar-refractivity contribution >= 4 is 5.97 Å². The number of carboxylic acid groups (broad SMARTS) is 1. The molecule has 22 heavy (non-hydrogen) atoms. The number of hydrogen-bond donors (Lipinski definition) is 1. The van der Waals surface area contributed by atoms with Crippen LogP contribution in [0.25, 0.3) is 0 Å². The van der Waals surface area contributed by atoms with Crippen LogP contribution in [0.1, 0.15) is 23.6 Å².